The number of hydrogen-bond donors (Lipinski definition) is 1. The van der Waals surface area contributed by atoms with Crippen molar-refractivity contribution in [3.8, 4) is 5.75 Å². The second-order valence-corrected chi connectivity index (χ2v) is 8.56. The molecule has 2 aliphatic heterocycles. The van der Waals surface area contributed by atoms with Crippen LogP contribution in [0.3, 0.4) is 0 Å². The third-order valence-corrected chi connectivity index (χ3v) is 6.27. The molecule has 2 aromatic carbocycles. The van der Waals surface area contributed by atoms with E-state index in [9.17, 15) is 9.90 Å². The molecular formula is C25H32N2O3. The number of carbonyl (C=O) groups excluding carboxylic acids is 1. The summed E-state index contributed by atoms with van der Waals surface area (Å²) >= 11 is 0. The standard InChI is InChI=1S/C25H32N2O3/c1-2-21-11-6-7-12-23(21)30-22-17-26(18-22)19-25(29)14-8-15-27(24(25)28)16-13-20-9-4-3-5-10-20/h3-7,9-12,22,29H,2,8,13-19H2,1H3/t25-/m0/s1. The van der Waals surface area contributed by atoms with Crippen LogP contribution in [-0.2, 0) is 17.6 Å². The summed E-state index contributed by atoms with van der Waals surface area (Å²) in [4.78, 5) is 17.0. The van der Waals surface area contributed by atoms with Gasteiger partial charge >= 0.3 is 0 Å². The summed E-state index contributed by atoms with van der Waals surface area (Å²) in [7, 11) is 0. The molecule has 0 radical (unpaired) electrons. The zero-order valence-corrected chi connectivity index (χ0v) is 17.8. The van der Waals surface area contributed by atoms with Crippen molar-refractivity contribution in [2.45, 2.75) is 44.3 Å². The van der Waals surface area contributed by atoms with Crippen LogP contribution in [0.15, 0.2) is 54.6 Å². The maximum Gasteiger partial charge on any atom is 0.255 e. The highest BCUT2D eigenvalue weighted by Gasteiger charge is 2.45. The highest BCUT2D eigenvalue weighted by atomic mass is 16.5. The van der Waals surface area contributed by atoms with Gasteiger partial charge < -0.3 is 14.7 Å². The van der Waals surface area contributed by atoms with Crippen LogP contribution in [0, 0.1) is 0 Å². The molecule has 2 aliphatic rings. The second kappa shape index (κ2) is 9.19. The van der Waals surface area contributed by atoms with Gasteiger partial charge in [-0.05, 0) is 42.9 Å². The zero-order chi connectivity index (χ0) is 21.0. The Bertz CT molecular complexity index is 850. The SMILES string of the molecule is CCc1ccccc1OC1CN(C[C@@]2(O)CCCN(CCc3ccccc3)C2=O)C1. The van der Waals surface area contributed by atoms with Crippen molar-refractivity contribution in [3.63, 3.8) is 0 Å². The lowest BCUT2D eigenvalue weighted by molar-refractivity contribution is -0.162. The number of rotatable bonds is 8. The number of piperidine rings is 1. The molecule has 1 N–H and O–H groups in total. The van der Waals surface area contributed by atoms with Crippen LogP contribution >= 0.6 is 0 Å². The molecule has 5 heteroatoms. The molecule has 2 heterocycles. The van der Waals surface area contributed by atoms with Gasteiger partial charge in [0.05, 0.1) is 0 Å². The van der Waals surface area contributed by atoms with Crippen LogP contribution in [0.25, 0.3) is 0 Å². The Morgan fingerprint density at radius 1 is 1.10 bits per heavy atom. The second-order valence-electron chi connectivity index (χ2n) is 8.56. The maximum atomic E-state index is 13.0. The molecule has 0 unspecified atom stereocenters. The van der Waals surface area contributed by atoms with E-state index < -0.39 is 5.60 Å². The fraction of sp³-hybridized carbons (Fsp3) is 0.480. The van der Waals surface area contributed by atoms with Crippen molar-refractivity contribution >= 4 is 5.91 Å². The minimum atomic E-state index is -1.28. The minimum Gasteiger partial charge on any atom is -0.487 e. The molecule has 2 aromatic rings. The van der Waals surface area contributed by atoms with Gasteiger partial charge in [-0.2, -0.15) is 0 Å². The number of nitrogens with zero attached hydrogens (tertiary/aromatic N) is 2. The van der Waals surface area contributed by atoms with Gasteiger partial charge in [-0.15, -0.1) is 0 Å². The van der Waals surface area contributed by atoms with Crippen molar-refractivity contribution < 1.29 is 14.6 Å². The number of benzene rings is 2. The van der Waals surface area contributed by atoms with Gasteiger partial charge in [0, 0.05) is 32.7 Å². The number of amides is 1. The average Bonchev–Trinajstić information content (AvgIpc) is 2.74. The van der Waals surface area contributed by atoms with E-state index in [4.69, 9.17) is 4.74 Å². The topological polar surface area (TPSA) is 53.0 Å². The lowest BCUT2D eigenvalue weighted by Crippen LogP contribution is -2.64. The van der Waals surface area contributed by atoms with Gasteiger partial charge in [0.15, 0.2) is 5.60 Å². The summed E-state index contributed by atoms with van der Waals surface area (Å²) in [6.07, 6.45) is 3.26. The normalized spacial score (nSPS) is 22.7. The molecule has 1 atom stereocenters. The highest BCUT2D eigenvalue weighted by Crippen LogP contribution is 2.28. The molecule has 0 aliphatic carbocycles. The quantitative estimate of drug-likeness (QED) is 0.730. The molecule has 2 fully saturated rings. The summed E-state index contributed by atoms with van der Waals surface area (Å²) in [6.45, 7) is 5.40. The molecule has 0 bridgehead atoms. The van der Waals surface area contributed by atoms with Crippen molar-refractivity contribution in [2.24, 2.45) is 0 Å². The summed E-state index contributed by atoms with van der Waals surface area (Å²) in [6, 6.07) is 18.3. The van der Waals surface area contributed by atoms with E-state index in [1.807, 2.05) is 41.3 Å². The monoisotopic (exact) mass is 408 g/mol. The summed E-state index contributed by atoms with van der Waals surface area (Å²) in [5.41, 5.74) is 1.15. The molecule has 2 saturated heterocycles. The maximum absolute atomic E-state index is 13.0. The predicted molar refractivity (Wildman–Crippen MR) is 118 cm³/mol. The lowest BCUT2D eigenvalue weighted by atomic mass is 9.89. The number of aliphatic hydroxyl groups is 1. The minimum absolute atomic E-state index is 0.120. The van der Waals surface area contributed by atoms with Gasteiger partial charge in [0.1, 0.15) is 11.9 Å². The molecule has 0 aromatic heterocycles. The zero-order valence-electron chi connectivity index (χ0n) is 17.8. The number of hydrogen-bond acceptors (Lipinski definition) is 4. The number of likely N-dealkylation sites (tertiary alicyclic amines) is 2. The molecule has 0 saturated carbocycles. The molecule has 4 rings (SSSR count). The van der Waals surface area contributed by atoms with E-state index in [0.29, 0.717) is 19.5 Å². The molecule has 1 amide bonds. The number of β-amino-alcohol motifs (C(OH)–C–C–N with tert-alkyl or cyclic N) is 1. The van der Waals surface area contributed by atoms with Crippen molar-refractivity contribution in [3.05, 3.63) is 65.7 Å². The first-order valence-corrected chi connectivity index (χ1v) is 11.1. The van der Waals surface area contributed by atoms with Gasteiger partial charge in [0.2, 0.25) is 0 Å². The fourth-order valence-electron chi connectivity index (χ4n) is 4.52. The molecule has 30 heavy (non-hydrogen) atoms. The van der Waals surface area contributed by atoms with Gasteiger partial charge in [-0.3, -0.25) is 9.69 Å². The summed E-state index contributed by atoms with van der Waals surface area (Å²) in [5, 5.41) is 11.1. The van der Waals surface area contributed by atoms with Crippen LogP contribution in [0.4, 0.5) is 0 Å². The van der Waals surface area contributed by atoms with E-state index in [2.05, 4.69) is 30.0 Å². The first-order valence-electron chi connectivity index (χ1n) is 11.1. The Kier molecular flexibility index (Phi) is 6.40. The van der Waals surface area contributed by atoms with Crippen LogP contribution < -0.4 is 4.74 Å². The number of para-hydroxylation sites is 1. The smallest absolute Gasteiger partial charge is 0.255 e. The molecule has 0 spiro atoms. The van der Waals surface area contributed by atoms with Crippen LogP contribution in [0.2, 0.25) is 0 Å². The fourth-order valence-corrected chi connectivity index (χ4v) is 4.52. The third-order valence-electron chi connectivity index (χ3n) is 6.27. The average molecular weight is 409 g/mol. The van der Waals surface area contributed by atoms with Crippen molar-refractivity contribution in [1.82, 2.24) is 9.80 Å². The largest absolute Gasteiger partial charge is 0.487 e. The molecule has 160 valence electrons. The first-order chi connectivity index (χ1) is 14.6. The third kappa shape index (κ3) is 4.68. The lowest BCUT2D eigenvalue weighted by Gasteiger charge is -2.45. The van der Waals surface area contributed by atoms with Gasteiger partial charge in [-0.1, -0.05) is 55.5 Å². The van der Waals surface area contributed by atoms with Crippen LogP contribution in [0.5, 0.6) is 5.75 Å². The van der Waals surface area contributed by atoms with Crippen molar-refractivity contribution in [1.29, 1.82) is 0 Å². The van der Waals surface area contributed by atoms with E-state index in [0.717, 1.165) is 44.6 Å². The molecule has 5 nitrogen and oxygen atoms in total. The first kappa shape index (κ1) is 20.9. The van der Waals surface area contributed by atoms with Crippen LogP contribution in [-0.4, -0.2) is 65.2 Å². The summed E-state index contributed by atoms with van der Waals surface area (Å²) in [5.74, 6) is 0.828. The highest BCUT2D eigenvalue weighted by molar-refractivity contribution is 5.86. The molecular weight excluding hydrogens is 376 g/mol. The van der Waals surface area contributed by atoms with Crippen molar-refractivity contribution in [2.75, 3.05) is 32.7 Å². The Morgan fingerprint density at radius 2 is 1.83 bits per heavy atom. The number of carbonyl (C=O) groups is 1. The van der Waals surface area contributed by atoms with E-state index in [1.54, 1.807) is 0 Å². The Labute approximate surface area is 179 Å². The Morgan fingerprint density at radius 3 is 2.60 bits per heavy atom. The van der Waals surface area contributed by atoms with Crippen LogP contribution in [0.1, 0.15) is 30.9 Å². The van der Waals surface area contributed by atoms with Gasteiger partial charge in [0.25, 0.3) is 5.91 Å². The van der Waals surface area contributed by atoms with Gasteiger partial charge in [-0.25, -0.2) is 0 Å². The Balaban J connectivity index is 1.28. The van der Waals surface area contributed by atoms with E-state index >= 15 is 0 Å². The number of aryl methyl sites for hydroxylation is 1. The van der Waals surface area contributed by atoms with E-state index in [1.165, 1.54) is 11.1 Å². The Hall–Kier alpha value is -2.37. The summed E-state index contributed by atoms with van der Waals surface area (Å²) < 4.78 is 6.14. The number of ether oxygens (including phenoxy) is 1. The van der Waals surface area contributed by atoms with E-state index in [-0.39, 0.29) is 12.0 Å². The predicted octanol–water partition coefficient (Wildman–Crippen LogP) is 2.91.